The second-order valence-corrected chi connectivity index (χ2v) is 9.62. The van der Waals surface area contributed by atoms with E-state index in [0.29, 0.717) is 18.3 Å². The fourth-order valence-electron chi connectivity index (χ4n) is 3.25. The average Bonchev–Trinajstić information content (AvgIpc) is 3.18. The Morgan fingerprint density at radius 3 is 2.67 bits per heavy atom. The topological polar surface area (TPSA) is 79.8 Å². The minimum absolute atomic E-state index is 0.116. The largest absolute Gasteiger partial charge is 0.379 e. The zero-order valence-corrected chi connectivity index (χ0v) is 17.9. The molecule has 0 radical (unpaired) electrons. The van der Waals surface area contributed by atoms with Gasteiger partial charge < -0.3 is 4.74 Å². The first-order valence-corrected chi connectivity index (χ1v) is 11.7. The van der Waals surface area contributed by atoms with Gasteiger partial charge in [0.2, 0.25) is 10.0 Å². The number of benzene rings is 2. The first-order valence-electron chi connectivity index (χ1n) is 9.46. The molecule has 2 heterocycles. The highest BCUT2D eigenvalue weighted by Gasteiger charge is 2.29. The number of sulfonamides is 1. The van der Waals surface area contributed by atoms with Crippen LogP contribution in [0, 0.1) is 5.82 Å². The van der Waals surface area contributed by atoms with Crippen LogP contribution in [0.1, 0.15) is 17.3 Å². The van der Waals surface area contributed by atoms with E-state index in [4.69, 9.17) is 4.74 Å². The van der Waals surface area contributed by atoms with Crippen molar-refractivity contribution in [3.8, 4) is 0 Å². The van der Waals surface area contributed by atoms with Gasteiger partial charge in [0, 0.05) is 19.6 Å². The van der Waals surface area contributed by atoms with Gasteiger partial charge in [-0.1, -0.05) is 23.5 Å². The van der Waals surface area contributed by atoms with Gasteiger partial charge in [-0.2, -0.15) is 4.31 Å². The van der Waals surface area contributed by atoms with Crippen LogP contribution in [-0.4, -0.2) is 56.5 Å². The Hall–Kier alpha value is -2.40. The predicted octanol–water partition coefficient (Wildman–Crippen LogP) is 3.12. The van der Waals surface area contributed by atoms with Crippen LogP contribution >= 0.6 is 11.3 Å². The fourth-order valence-corrected chi connectivity index (χ4v) is 5.71. The number of fused-ring (bicyclic) bond motifs is 1. The number of nitrogens with zero attached hydrogens (tertiary/aromatic N) is 3. The summed E-state index contributed by atoms with van der Waals surface area (Å²) in [6, 6.07) is 10.8. The second-order valence-electron chi connectivity index (χ2n) is 6.67. The highest BCUT2D eigenvalue weighted by Crippen LogP contribution is 2.30. The van der Waals surface area contributed by atoms with Crippen molar-refractivity contribution in [3.05, 3.63) is 53.8 Å². The van der Waals surface area contributed by atoms with Crippen molar-refractivity contribution in [2.24, 2.45) is 0 Å². The summed E-state index contributed by atoms with van der Waals surface area (Å²) in [4.78, 5) is 18.9. The number of hydrogen-bond donors (Lipinski definition) is 0. The molecule has 0 atom stereocenters. The van der Waals surface area contributed by atoms with Crippen LogP contribution in [0.2, 0.25) is 0 Å². The normalized spacial score (nSPS) is 15.4. The van der Waals surface area contributed by atoms with E-state index in [9.17, 15) is 17.6 Å². The summed E-state index contributed by atoms with van der Waals surface area (Å²) in [5.74, 6) is -1.41. The lowest BCUT2D eigenvalue weighted by Gasteiger charge is -2.26. The third-order valence-corrected chi connectivity index (χ3v) is 7.80. The zero-order valence-electron chi connectivity index (χ0n) is 16.2. The van der Waals surface area contributed by atoms with E-state index in [0.717, 1.165) is 22.3 Å². The summed E-state index contributed by atoms with van der Waals surface area (Å²) in [5.41, 5.74) is 0.443. The van der Waals surface area contributed by atoms with Crippen molar-refractivity contribution < 1.29 is 22.3 Å². The molecule has 1 aliphatic heterocycles. The van der Waals surface area contributed by atoms with Gasteiger partial charge in [0.15, 0.2) is 5.13 Å². The van der Waals surface area contributed by atoms with E-state index in [1.165, 1.54) is 26.6 Å². The number of morpholine rings is 1. The van der Waals surface area contributed by atoms with E-state index in [2.05, 4.69) is 4.98 Å². The summed E-state index contributed by atoms with van der Waals surface area (Å²) < 4.78 is 47.8. The lowest BCUT2D eigenvalue weighted by Crippen LogP contribution is -2.40. The highest BCUT2D eigenvalue weighted by molar-refractivity contribution is 7.89. The Kier molecular flexibility index (Phi) is 5.83. The van der Waals surface area contributed by atoms with E-state index in [-0.39, 0.29) is 30.1 Å². The Bertz CT molecular complexity index is 1160. The van der Waals surface area contributed by atoms with Crippen LogP contribution in [0.3, 0.4) is 0 Å². The molecule has 0 N–H and O–H groups in total. The number of amides is 1. The van der Waals surface area contributed by atoms with Crippen molar-refractivity contribution in [1.82, 2.24) is 9.29 Å². The molecule has 1 amide bonds. The number of carbonyl (C=O) groups is 1. The predicted molar refractivity (Wildman–Crippen MR) is 113 cm³/mol. The van der Waals surface area contributed by atoms with E-state index in [1.807, 2.05) is 24.3 Å². The van der Waals surface area contributed by atoms with Gasteiger partial charge in [-0.3, -0.25) is 9.69 Å². The Labute approximate surface area is 177 Å². The average molecular weight is 450 g/mol. The number of halogens is 1. The van der Waals surface area contributed by atoms with Gasteiger partial charge in [0.1, 0.15) is 5.82 Å². The Balaban J connectivity index is 1.70. The molecule has 1 saturated heterocycles. The van der Waals surface area contributed by atoms with Crippen molar-refractivity contribution in [3.63, 3.8) is 0 Å². The molecule has 158 valence electrons. The van der Waals surface area contributed by atoms with Crippen molar-refractivity contribution in [2.45, 2.75) is 11.8 Å². The molecule has 0 aliphatic carbocycles. The molecule has 10 heteroatoms. The monoisotopic (exact) mass is 449 g/mol. The third-order valence-electron chi connectivity index (χ3n) is 4.85. The third kappa shape index (κ3) is 3.83. The number of thiazole rings is 1. The molecule has 3 aromatic rings. The molecule has 4 rings (SSSR count). The summed E-state index contributed by atoms with van der Waals surface area (Å²) in [7, 11) is -3.85. The maximum Gasteiger partial charge on any atom is 0.263 e. The molecule has 2 aromatic carbocycles. The Morgan fingerprint density at radius 2 is 1.97 bits per heavy atom. The van der Waals surface area contributed by atoms with Crippen LogP contribution in [-0.2, 0) is 14.8 Å². The minimum atomic E-state index is -3.85. The minimum Gasteiger partial charge on any atom is -0.379 e. The number of anilines is 1. The maximum absolute atomic E-state index is 14.6. The summed E-state index contributed by atoms with van der Waals surface area (Å²) in [6.07, 6.45) is 0. The molecule has 30 heavy (non-hydrogen) atoms. The standard InChI is InChI=1S/C20H20FN3O4S2/c1-2-24(20-22-17-5-3-4-6-18(17)29-20)19(25)15-13-14(7-8-16(15)21)30(26,27)23-9-11-28-12-10-23/h3-8,13H,2,9-12H2,1H3. The molecule has 1 aliphatic rings. The summed E-state index contributed by atoms with van der Waals surface area (Å²) >= 11 is 1.32. The second kappa shape index (κ2) is 8.38. The first kappa shape index (κ1) is 20.9. The van der Waals surface area contributed by atoms with Crippen LogP contribution in [0.5, 0.6) is 0 Å². The number of rotatable bonds is 5. The highest BCUT2D eigenvalue weighted by atomic mass is 32.2. The Morgan fingerprint density at radius 1 is 1.23 bits per heavy atom. The number of carbonyl (C=O) groups excluding carboxylic acids is 1. The van der Waals surface area contributed by atoms with Crippen molar-refractivity contribution in [1.29, 1.82) is 0 Å². The van der Waals surface area contributed by atoms with E-state index < -0.39 is 21.7 Å². The van der Waals surface area contributed by atoms with Crippen LogP contribution in [0.4, 0.5) is 9.52 Å². The first-order chi connectivity index (χ1) is 14.4. The molecule has 0 bridgehead atoms. The van der Waals surface area contributed by atoms with Crippen molar-refractivity contribution >= 4 is 42.6 Å². The number of aromatic nitrogens is 1. The lowest BCUT2D eigenvalue weighted by atomic mass is 10.2. The quantitative estimate of drug-likeness (QED) is 0.598. The zero-order chi connectivity index (χ0) is 21.3. The van der Waals surface area contributed by atoms with Gasteiger partial charge in [-0.25, -0.2) is 17.8 Å². The molecule has 1 aromatic heterocycles. The van der Waals surface area contributed by atoms with Crippen LogP contribution in [0.25, 0.3) is 10.2 Å². The lowest BCUT2D eigenvalue weighted by molar-refractivity contribution is 0.0730. The molecule has 0 spiro atoms. The molecular formula is C20H20FN3O4S2. The van der Waals surface area contributed by atoms with Crippen LogP contribution < -0.4 is 4.90 Å². The molecule has 0 saturated carbocycles. The van der Waals surface area contributed by atoms with Crippen molar-refractivity contribution in [2.75, 3.05) is 37.7 Å². The molecular weight excluding hydrogens is 429 g/mol. The number of hydrogen-bond acceptors (Lipinski definition) is 6. The maximum atomic E-state index is 14.6. The summed E-state index contributed by atoms with van der Waals surface area (Å²) in [6.45, 7) is 3.06. The van der Waals surface area contributed by atoms with Gasteiger partial charge in [0.05, 0.1) is 33.9 Å². The van der Waals surface area contributed by atoms with Gasteiger partial charge >= 0.3 is 0 Å². The fraction of sp³-hybridized carbons (Fsp3) is 0.300. The SMILES string of the molecule is CCN(C(=O)c1cc(S(=O)(=O)N2CCOCC2)ccc1F)c1nc2ccccc2s1. The molecule has 7 nitrogen and oxygen atoms in total. The van der Waals surface area contributed by atoms with E-state index in [1.54, 1.807) is 6.92 Å². The molecule has 0 unspecified atom stereocenters. The van der Waals surface area contributed by atoms with Gasteiger partial charge in [0.25, 0.3) is 5.91 Å². The van der Waals surface area contributed by atoms with E-state index >= 15 is 0 Å². The number of ether oxygens (including phenoxy) is 1. The van der Waals surface area contributed by atoms with Gasteiger partial charge in [-0.15, -0.1) is 0 Å². The van der Waals surface area contributed by atoms with Gasteiger partial charge in [-0.05, 0) is 37.3 Å². The number of para-hydroxylation sites is 1. The molecule has 1 fully saturated rings. The van der Waals surface area contributed by atoms with Crippen LogP contribution in [0.15, 0.2) is 47.4 Å². The summed E-state index contributed by atoms with van der Waals surface area (Å²) in [5, 5.41) is 0.435. The smallest absolute Gasteiger partial charge is 0.263 e.